The zero-order valence-electron chi connectivity index (χ0n) is 21.5. The fourth-order valence-electron chi connectivity index (χ4n) is 5.15. The minimum atomic E-state index is -3.19. The highest BCUT2D eigenvalue weighted by Gasteiger charge is 2.22. The smallest absolute Gasteiger partial charge is 0.211 e. The molecule has 0 atom stereocenters. The van der Waals surface area contributed by atoms with E-state index >= 15 is 0 Å². The predicted octanol–water partition coefficient (Wildman–Crippen LogP) is 3.48. The summed E-state index contributed by atoms with van der Waals surface area (Å²) in [6.07, 6.45) is 7.29. The molecule has 3 aromatic heterocycles. The molecule has 1 saturated heterocycles. The second-order valence-corrected chi connectivity index (χ2v) is 11.8. The lowest BCUT2D eigenvalue weighted by atomic mass is 10.2. The molecule has 0 aliphatic carbocycles. The van der Waals surface area contributed by atoms with E-state index in [0.717, 1.165) is 46.2 Å². The predicted molar refractivity (Wildman–Crippen MR) is 148 cm³/mol. The van der Waals surface area contributed by atoms with Crippen molar-refractivity contribution in [1.29, 1.82) is 0 Å². The van der Waals surface area contributed by atoms with Crippen LogP contribution in [0.25, 0.3) is 16.4 Å². The summed E-state index contributed by atoms with van der Waals surface area (Å²) in [6, 6.07) is 14.6. The van der Waals surface area contributed by atoms with Gasteiger partial charge in [-0.1, -0.05) is 12.1 Å². The Hall–Kier alpha value is -3.87. The molecule has 0 bridgehead atoms. The Morgan fingerprint density at radius 3 is 2.74 bits per heavy atom. The Labute approximate surface area is 225 Å². The third-order valence-corrected chi connectivity index (χ3v) is 8.38. The molecule has 4 heterocycles. The molecule has 0 amide bonds. The van der Waals surface area contributed by atoms with Crippen LogP contribution < -0.4 is 5.32 Å². The molecule has 1 aliphatic heterocycles. The summed E-state index contributed by atoms with van der Waals surface area (Å²) in [7, 11) is -3.19. The number of halogens is 1. The zero-order valence-corrected chi connectivity index (χ0v) is 22.4. The molecule has 1 aliphatic rings. The second kappa shape index (κ2) is 10.4. The Balaban J connectivity index is 1.22. The van der Waals surface area contributed by atoms with Crippen molar-refractivity contribution >= 4 is 37.9 Å². The summed E-state index contributed by atoms with van der Waals surface area (Å²) < 4.78 is 42.8. The van der Waals surface area contributed by atoms with Crippen LogP contribution in [0.1, 0.15) is 17.5 Å². The van der Waals surface area contributed by atoms with Crippen LogP contribution in [0.4, 0.5) is 15.9 Å². The highest BCUT2D eigenvalue weighted by atomic mass is 32.2. The molecule has 39 heavy (non-hydrogen) atoms. The van der Waals surface area contributed by atoms with E-state index in [-0.39, 0.29) is 5.82 Å². The van der Waals surface area contributed by atoms with E-state index in [1.54, 1.807) is 21.1 Å². The molecule has 6 rings (SSSR count). The van der Waals surface area contributed by atoms with Gasteiger partial charge in [-0.25, -0.2) is 26.6 Å². The van der Waals surface area contributed by atoms with Gasteiger partial charge < -0.3 is 5.32 Å². The van der Waals surface area contributed by atoms with Crippen molar-refractivity contribution in [2.24, 2.45) is 0 Å². The van der Waals surface area contributed by atoms with E-state index in [1.807, 2.05) is 41.2 Å². The number of nitrogens with zero attached hydrogens (tertiary/aromatic N) is 7. The minimum Gasteiger partial charge on any atom is -0.338 e. The van der Waals surface area contributed by atoms with Crippen LogP contribution in [-0.2, 0) is 23.1 Å². The van der Waals surface area contributed by atoms with Crippen LogP contribution in [-0.4, -0.2) is 74.4 Å². The van der Waals surface area contributed by atoms with Crippen molar-refractivity contribution in [3.63, 3.8) is 0 Å². The van der Waals surface area contributed by atoms with Crippen molar-refractivity contribution in [3.05, 3.63) is 84.2 Å². The molecular formula is C27H29FN8O2S. The summed E-state index contributed by atoms with van der Waals surface area (Å²) in [5, 5.41) is 13.3. The third-order valence-electron chi connectivity index (χ3n) is 7.07. The van der Waals surface area contributed by atoms with E-state index in [2.05, 4.69) is 25.4 Å². The zero-order chi connectivity index (χ0) is 27.0. The van der Waals surface area contributed by atoms with Crippen LogP contribution in [0.5, 0.6) is 0 Å². The number of fused-ring (bicyclic) bond motifs is 2. The lowest BCUT2D eigenvalue weighted by molar-refractivity contribution is 0.280. The highest BCUT2D eigenvalue weighted by molar-refractivity contribution is 7.88. The molecule has 1 fully saturated rings. The molecule has 1 N–H and O–H groups in total. The monoisotopic (exact) mass is 548 g/mol. The molecule has 0 saturated carbocycles. The summed E-state index contributed by atoms with van der Waals surface area (Å²) >= 11 is 0. The maximum absolute atomic E-state index is 13.6. The maximum Gasteiger partial charge on any atom is 0.211 e. The van der Waals surface area contributed by atoms with Gasteiger partial charge in [0.1, 0.15) is 17.7 Å². The van der Waals surface area contributed by atoms with Gasteiger partial charge in [0.25, 0.3) is 0 Å². The van der Waals surface area contributed by atoms with Gasteiger partial charge in [-0.15, -0.1) is 0 Å². The van der Waals surface area contributed by atoms with E-state index in [1.165, 1.54) is 24.7 Å². The Morgan fingerprint density at radius 1 is 1.00 bits per heavy atom. The number of rotatable bonds is 7. The molecule has 202 valence electrons. The normalized spacial score (nSPS) is 15.6. The van der Waals surface area contributed by atoms with Gasteiger partial charge in [-0.2, -0.15) is 10.2 Å². The third kappa shape index (κ3) is 5.49. The van der Waals surface area contributed by atoms with Crippen molar-refractivity contribution in [2.45, 2.75) is 19.5 Å². The summed E-state index contributed by atoms with van der Waals surface area (Å²) in [4.78, 5) is 6.81. The molecule has 10 nitrogen and oxygen atoms in total. The Bertz CT molecular complexity index is 1750. The molecule has 0 spiro atoms. The lowest BCUT2D eigenvalue weighted by Gasteiger charge is -2.20. The Kier molecular flexibility index (Phi) is 6.75. The number of anilines is 2. The first-order chi connectivity index (χ1) is 18.8. The van der Waals surface area contributed by atoms with Gasteiger partial charge in [0.15, 0.2) is 5.82 Å². The van der Waals surface area contributed by atoms with E-state index in [4.69, 9.17) is 0 Å². The first-order valence-corrected chi connectivity index (χ1v) is 14.6. The van der Waals surface area contributed by atoms with E-state index in [0.29, 0.717) is 38.5 Å². The van der Waals surface area contributed by atoms with Gasteiger partial charge in [0.2, 0.25) is 10.0 Å². The quantitative estimate of drug-likeness (QED) is 0.332. The maximum atomic E-state index is 13.6. The average molecular weight is 549 g/mol. The topological polar surface area (TPSA) is 101 Å². The molecule has 5 aromatic rings. The largest absolute Gasteiger partial charge is 0.338 e. The van der Waals surface area contributed by atoms with Crippen molar-refractivity contribution in [2.75, 3.05) is 37.8 Å². The number of aromatic nitrogens is 5. The van der Waals surface area contributed by atoms with Crippen LogP contribution in [0.3, 0.4) is 0 Å². The number of hydrogen-bond acceptors (Lipinski definition) is 7. The molecule has 2 aromatic carbocycles. The lowest BCUT2D eigenvalue weighted by Crippen LogP contribution is -2.34. The van der Waals surface area contributed by atoms with E-state index < -0.39 is 10.0 Å². The van der Waals surface area contributed by atoms with Crippen LogP contribution >= 0.6 is 0 Å². The highest BCUT2D eigenvalue weighted by Crippen LogP contribution is 2.27. The van der Waals surface area contributed by atoms with E-state index in [9.17, 15) is 12.8 Å². The molecule has 0 radical (unpaired) electrons. The fraction of sp³-hybridized carbons (Fsp3) is 0.296. The van der Waals surface area contributed by atoms with Crippen LogP contribution in [0, 0.1) is 5.82 Å². The van der Waals surface area contributed by atoms with Crippen LogP contribution in [0.15, 0.2) is 67.3 Å². The van der Waals surface area contributed by atoms with Crippen molar-refractivity contribution in [1.82, 2.24) is 33.6 Å². The summed E-state index contributed by atoms with van der Waals surface area (Å²) in [5.74, 6) is 0.423. The first-order valence-electron chi connectivity index (χ1n) is 12.8. The summed E-state index contributed by atoms with van der Waals surface area (Å²) in [6.45, 7) is 3.66. The van der Waals surface area contributed by atoms with Gasteiger partial charge >= 0.3 is 0 Å². The molecular weight excluding hydrogens is 519 g/mol. The van der Waals surface area contributed by atoms with Gasteiger partial charge in [-0.3, -0.25) is 9.58 Å². The van der Waals surface area contributed by atoms with Gasteiger partial charge in [-0.05, 0) is 60.5 Å². The number of sulfonamides is 1. The first kappa shape index (κ1) is 25.4. The number of benzene rings is 2. The Morgan fingerprint density at radius 2 is 1.90 bits per heavy atom. The number of nitrogens with one attached hydrogen (secondary N) is 1. The summed E-state index contributed by atoms with van der Waals surface area (Å²) in [5.41, 5.74) is 4.60. The SMILES string of the molecule is CS(=O)(=O)N1CCCN(Cc2ccn3ncnc(Nc4ccc5c(cnn5Cc5cccc(F)c5)c4)c23)CC1. The average Bonchev–Trinajstić information content (AvgIpc) is 3.40. The molecule has 12 heteroatoms. The van der Waals surface area contributed by atoms with Crippen molar-refractivity contribution < 1.29 is 12.8 Å². The second-order valence-electron chi connectivity index (χ2n) is 9.87. The minimum absolute atomic E-state index is 0.261. The van der Waals surface area contributed by atoms with Gasteiger partial charge in [0, 0.05) is 43.4 Å². The fourth-order valence-corrected chi connectivity index (χ4v) is 6.03. The number of hydrogen-bond donors (Lipinski definition) is 1. The molecule has 0 unspecified atom stereocenters. The van der Waals surface area contributed by atoms with Gasteiger partial charge in [0.05, 0.1) is 24.5 Å². The van der Waals surface area contributed by atoms with Crippen molar-refractivity contribution in [3.8, 4) is 0 Å². The van der Waals surface area contributed by atoms with Crippen LogP contribution in [0.2, 0.25) is 0 Å². The standard InChI is InChI=1S/C27H29FN8O2S/c1-39(37,38)34-10-3-9-33(12-13-34)18-21-8-11-35-26(21)27(29-19-31-35)32-24-6-7-25-22(15-24)16-30-36(25)17-20-4-2-5-23(28)14-20/h2,4-8,11,14-16,19H,3,9-10,12-13,17-18H2,1H3,(H,29,31,32).